The van der Waals surface area contributed by atoms with Gasteiger partial charge in [0.1, 0.15) is 5.82 Å². The molecule has 2 N–H and O–H groups in total. The van der Waals surface area contributed by atoms with Gasteiger partial charge in [-0.3, -0.25) is 4.90 Å². The minimum Gasteiger partial charge on any atom is -0.397 e. The summed E-state index contributed by atoms with van der Waals surface area (Å²) >= 11 is 1.85. The first kappa shape index (κ1) is 13.4. The number of piperazine rings is 1. The average Bonchev–Trinajstić information content (AvgIpc) is 3.00. The highest BCUT2D eigenvalue weighted by Gasteiger charge is 2.17. The van der Waals surface area contributed by atoms with Crippen LogP contribution in [0.2, 0.25) is 0 Å². The van der Waals surface area contributed by atoms with Crippen LogP contribution in [0.5, 0.6) is 0 Å². The second kappa shape index (κ2) is 6.24. The maximum Gasteiger partial charge on any atom is 0.128 e. The molecule has 4 nitrogen and oxygen atoms in total. The molecule has 3 rings (SSSR count). The molecule has 0 atom stereocenters. The molecular formula is C15H20N4S. The van der Waals surface area contributed by atoms with Crippen molar-refractivity contribution in [2.45, 2.75) is 6.42 Å². The van der Waals surface area contributed by atoms with Crippen LogP contribution >= 0.6 is 11.3 Å². The number of nitrogens with zero attached hydrogens (tertiary/aromatic N) is 3. The van der Waals surface area contributed by atoms with Gasteiger partial charge in [-0.15, -0.1) is 11.3 Å². The van der Waals surface area contributed by atoms with E-state index in [-0.39, 0.29) is 0 Å². The SMILES string of the molecule is Nc1ccc(N2CCN(CCc3cccs3)CC2)nc1. The molecular weight excluding hydrogens is 268 g/mol. The summed E-state index contributed by atoms with van der Waals surface area (Å²) in [5.41, 5.74) is 6.40. The third-order valence-corrected chi connectivity index (χ3v) is 4.66. The second-order valence-electron chi connectivity index (χ2n) is 5.11. The van der Waals surface area contributed by atoms with E-state index in [1.807, 2.05) is 23.5 Å². The van der Waals surface area contributed by atoms with Gasteiger partial charge in [-0.25, -0.2) is 4.98 Å². The zero-order chi connectivity index (χ0) is 13.8. The minimum absolute atomic E-state index is 0.725. The molecule has 0 amide bonds. The Hall–Kier alpha value is -1.59. The molecule has 0 aromatic carbocycles. The van der Waals surface area contributed by atoms with Gasteiger partial charge in [-0.2, -0.15) is 0 Å². The first-order chi connectivity index (χ1) is 9.81. The molecule has 0 bridgehead atoms. The number of hydrogen-bond acceptors (Lipinski definition) is 5. The zero-order valence-corrected chi connectivity index (χ0v) is 12.4. The molecule has 2 aromatic heterocycles. The maximum atomic E-state index is 5.68. The van der Waals surface area contributed by atoms with Crippen LogP contribution in [0.25, 0.3) is 0 Å². The average molecular weight is 288 g/mol. The Bertz CT molecular complexity index is 515. The van der Waals surface area contributed by atoms with Crippen molar-refractivity contribution in [3.05, 3.63) is 40.7 Å². The number of aromatic nitrogens is 1. The summed E-state index contributed by atoms with van der Waals surface area (Å²) in [6, 6.07) is 8.28. The van der Waals surface area contributed by atoms with E-state index in [1.54, 1.807) is 6.20 Å². The fourth-order valence-corrected chi connectivity index (χ4v) is 3.21. The van der Waals surface area contributed by atoms with E-state index < -0.39 is 0 Å². The van der Waals surface area contributed by atoms with Crippen LogP contribution in [0.3, 0.4) is 0 Å². The number of pyridine rings is 1. The molecule has 2 aromatic rings. The first-order valence-corrected chi connectivity index (χ1v) is 7.90. The topological polar surface area (TPSA) is 45.4 Å². The molecule has 106 valence electrons. The maximum absolute atomic E-state index is 5.68. The molecule has 1 saturated heterocycles. The third-order valence-electron chi connectivity index (χ3n) is 3.72. The van der Waals surface area contributed by atoms with Crippen molar-refractivity contribution in [2.24, 2.45) is 0 Å². The number of hydrogen-bond donors (Lipinski definition) is 1. The van der Waals surface area contributed by atoms with Crippen LogP contribution in [0.15, 0.2) is 35.8 Å². The summed E-state index contributed by atoms with van der Waals surface area (Å²) in [6.07, 6.45) is 2.90. The normalized spacial score (nSPS) is 16.5. The fraction of sp³-hybridized carbons (Fsp3) is 0.400. The molecule has 5 heteroatoms. The molecule has 3 heterocycles. The minimum atomic E-state index is 0.725. The Kier molecular flexibility index (Phi) is 4.18. The fourth-order valence-electron chi connectivity index (χ4n) is 2.51. The van der Waals surface area contributed by atoms with Crippen molar-refractivity contribution in [3.8, 4) is 0 Å². The summed E-state index contributed by atoms with van der Waals surface area (Å²) in [4.78, 5) is 10.7. The van der Waals surface area contributed by atoms with Gasteiger partial charge >= 0.3 is 0 Å². The van der Waals surface area contributed by atoms with Crippen molar-refractivity contribution in [3.63, 3.8) is 0 Å². The zero-order valence-electron chi connectivity index (χ0n) is 11.5. The quantitative estimate of drug-likeness (QED) is 0.936. The molecule has 1 aliphatic heterocycles. The molecule has 1 aliphatic rings. The predicted molar refractivity (Wildman–Crippen MR) is 85.3 cm³/mol. The van der Waals surface area contributed by atoms with E-state index in [0.29, 0.717) is 0 Å². The van der Waals surface area contributed by atoms with Crippen molar-refractivity contribution in [1.82, 2.24) is 9.88 Å². The van der Waals surface area contributed by atoms with E-state index >= 15 is 0 Å². The van der Waals surface area contributed by atoms with E-state index in [1.165, 1.54) is 4.88 Å². The van der Waals surface area contributed by atoms with E-state index in [2.05, 4.69) is 32.3 Å². The second-order valence-corrected chi connectivity index (χ2v) is 6.14. The summed E-state index contributed by atoms with van der Waals surface area (Å²) in [5, 5.41) is 2.15. The van der Waals surface area contributed by atoms with E-state index in [9.17, 15) is 0 Å². The molecule has 0 saturated carbocycles. The van der Waals surface area contributed by atoms with Gasteiger partial charge in [0.25, 0.3) is 0 Å². The van der Waals surface area contributed by atoms with Crippen LogP contribution in [0.4, 0.5) is 11.5 Å². The van der Waals surface area contributed by atoms with Crippen molar-refractivity contribution < 1.29 is 0 Å². The Labute approximate surface area is 123 Å². The number of nitrogen functional groups attached to an aromatic ring is 1. The van der Waals surface area contributed by atoms with Crippen LogP contribution in [-0.2, 0) is 6.42 Å². The van der Waals surface area contributed by atoms with Gasteiger partial charge in [-0.05, 0) is 30.0 Å². The number of rotatable bonds is 4. The number of anilines is 2. The highest BCUT2D eigenvalue weighted by molar-refractivity contribution is 7.09. The standard InChI is InChI=1S/C15H20N4S/c16-13-3-4-15(17-12-13)19-9-7-18(8-10-19)6-5-14-2-1-11-20-14/h1-4,11-12H,5-10,16H2. The van der Waals surface area contributed by atoms with Gasteiger partial charge in [0.15, 0.2) is 0 Å². The Morgan fingerprint density at radius 3 is 2.65 bits per heavy atom. The van der Waals surface area contributed by atoms with Gasteiger partial charge in [0.2, 0.25) is 0 Å². The lowest BCUT2D eigenvalue weighted by Crippen LogP contribution is -2.47. The van der Waals surface area contributed by atoms with Gasteiger partial charge < -0.3 is 10.6 Å². The summed E-state index contributed by atoms with van der Waals surface area (Å²) in [7, 11) is 0. The van der Waals surface area contributed by atoms with E-state index in [4.69, 9.17) is 5.73 Å². The first-order valence-electron chi connectivity index (χ1n) is 7.02. The van der Waals surface area contributed by atoms with Crippen molar-refractivity contribution >= 4 is 22.8 Å². The van der Waals surface area contributed by atoms with Crippen LogP contribution in [0.1, 0.15) is 4.88 Å². The number of nitrogens with two attached hydrogens (primary N) is 1. The highest BCUT2D eigenvalue weighted by Crippen LogP contribution is 2.15. The highest BCUT2D eigenvalue weighted by atomic mass is 32.1. The summed E-state index contributed by atoms with van der Waals surface area (Å²) in [6.45, 7) is 5.46. The Balaban J connectivity index is 1.48. The third kappa shape index (κ3) is 3.29. The lowest BCUT2D eigenvalue weighted by molar-refractivity contribution is 0.261. The monoisotopic (exact) mass is 288 g/mol. The smallest absolute Gasteiger partial charge is 0.128 e. The van der Waals surface area contributed by atoms with Crippen molar-refractivity contribution in [1.29, 1.82) is 0 Å². The lowest BCUT2D eigenvalue weighted by Gasteiger charge is -2.35. The molecule has 0 spiro atoms. The lowest BCUT2D eigenvalue weighted by atomic mass is 10.2. The van der Waals surface area contributed by atoms with Crippen molar-refractivity contribution in [2.75, 3.05) is 43.4 Å². The molecule has 0 unspecified atom stereocenters. The van der Waals surface area contributed by atoms with Gasteiger partial charge in [0.05, 0.1) is 11.9 Å². The summed E-state index contributed by atoms with van der Waals surface area (Å²) in [5.74, 6) is 1.04. The predicted octanol–water partition coefficient (Wildman–Crippen LogP) is 2.09. The Morgan fingerprint density at radius 2 is 2.00 bits per heavy atom. The van der Waals surface area contributed by atoms with E-state index in [0.717, 1.165) is 50.6 Å². The van der Waals surface area contributed by atoms with Gasteiger partial charge in [0, 0.05) is 37.6 Å². The van der Waals surface area contributed by atoms with Crippen LogP contribution in [-0.4, -0.2) is 42.6 Å². The van der Waals surface area contributed by atoms with Crippen LogP contribution < -0.4 is 10.6 Å². The molecule has 0 aliphatic carbocycles. The number of thiophene rings is 1. The van der Waals surface area contributed by atoms with Crippen LogP contribution in [0, 0.1) is 0 Å². The van der Waals surface area contributed by atoms with Gasteiger partial charge in [-0.1, -0.05) is 6.07 Å². The molecule has 0 radical (unpaired) electrons. The summed E-state index contributed by atoms with van der Waals surface area (Å²) < 4.78 is 0. The largest absolute Gasteiger partial charge is 0.397 e. The molecule has 20 heavy (non-hydrogen) atoms. The Morgan fingerprint density at radius 1 is 1.15 bits per heavy atom. The molecule has 1 fully saturated rings.